The van der Waals surface area contributed by atoms with Gasteiger partial charge in [-0.25, -0.2) is 0 Å². The first-order chi connectivity index (χ1) is 12.5. The van der Waals surface area contributed by atoms with Crippen molar-refractivity contribution in [2.24, 2.45) is 5.92 Å². The average Bonchev–Trinajstić information content (AvgIpc) is 2.67. The number of carbonyl (C=O) groups excluding carboxylic acids is 2. The monoisotopic (exact) mass is 365 g/mol. The maximum absolute atomic E-state index is 12.6. The van der Waals surface area contributed by atoms with Gasteiger partial charge in [-0.05, 0) is 38.8 Å². The van der Waals surface area contributed by atoms with Gasteiger partial charge in [0, 0.05) is 11.8 Å². The van der Waals surface area contributed by atoms with Crippen molar-refractivity contribution >= 4 is 17.6 Å². The van der Waals surface area contributed by atoms with Crippen LogP contribution >= 0.6 is 0 Å². The normalized spacial score (nSPS) is 20.8. The van der Waals surface area contributed by atoms with Gasteiger partial charge in [-0.2, -0.15) is 0 Å². The molecule has 144 valence electrons. The van der Waals surface area contributed by atoms with E-state index in [4.69, 9.17) is 14.2 Å². The molecule has 0 radical (unpaired) electrons. The van der Waals surface area contributed by atoms with Crippen LogP contribution in [0, 0.1) is 5.92 Å². The topological polar surface area (TPSA) is 78.3 Å². The van der Waals surface area contributed by atoms with Gasteiger partial charge in [0.15, 0.2) is 17.5 Å². The fourth-order valence-electron chi connectivity index (χ4n) is 3.30. The summed E-state index contributed by atoms with van der Waals surface area (Å²) in [5.41, 5.74) is 0.651. The van der Waals surface area contributed by atoms with Crippen LogP contribution in [-0.4, -0.2) is 51.8 Å². The van der Waals surface area contributed by atoms with Gasteiger partial charge in [-0.1, -0.05) is 0 Å². The first-order valence-electron chi connectivity index (χ1n) is 9.04. The number of anilines is 1. The molecule has 1 unspecified atom stereocenters. The molecule has 1 amide bonds. The highest BCUT2D eigenvalue weighted by Gasteiger charge is 2.34. The Morgan fingerprint density at radius 1 is 1.27 bits per heavy atom. The quantitative estimate of drug-likeness (QED) is 0.702. The van der Waals surface area contributed by atoms with E-state index in [1.54, 1.807) is 32.4 Å². The van der Waals surface area contributed by atoms with Crippen LogP contribution in [-0.2, 0) is 14.3 Å². The van der Waals surface area contributed by atoms with E-state index in [2.05, 4.69) is 5.32 Å². The lowest BCUT2D eigenvalue weighted by atomic mass is 9.97. The molecule has 2 N–H and O–H groups in total. The van der Waals surface area contributed by atoms with Crippen molar-refractivity contribution in [1.82, 2.24) is 0 Å². The molecular weight excluding hydrogens is 336 g/mol. The molecule has 1 heterocycles. The van der Waals surface area contributed by atoms with Crippen LogP contribution in [0.3, 0.4) is 0 Å². The number of hydrogen-bond donors (Lipinski definition) is 2. The number of nitrogens with one attached hydrogen (secondary N) is 2. The summed E-state index contributed by atoms with van der Waals surface area (Å²) in [7, 11) is 3.12. The van der Waals surface area contributed by atoms with E-state index < -0.39 is 0 Å². The third-order valence-electron chi connectivity index (χ3n) is 4.84. The molecule has 1 aliphatic heterocycles. The number of amides is 1. The Labute approximate surface area is 154 Å². The number of esters is 1. The third-order valence-corrected chi connectivity index (χ3v) is 4.84. The second-order valence-corrected chi connectivity index (χ2v) is 6.48. The van der Waals surface area contributed by atoms with Gasteiger partial charge in [0.1, 0.15) is 5.92 Å². The first-order valence-corrected chi connectivity index (χ1v) is 9.04. The summed E-state index contributed by atoms with van der Waals surface area (Å²) >= 11 is 0. The number of methoxy groups -OCH3 is 2. The average molecular weight is 365 g/mol. The minimum Gasteiger partial charge on any atom is -0.493 e. The molecule has 1 fully saturated rings. The molecule has 3 atom stereocenters. The number of ether oxygens (including phenoxy) is 3. The predicted octanol–water partition coefficient (Wildman–Crippen LogP) is 0.889. The van der Waals surface area contributed by atoms with E-state index in [1.807, 2.05) is 13.8 Å². The summed E-state index contributed by atoms with van der Waals surface area (Å²) in [6.45, 7) is 5.58. The summed E-state index contributed by atoms with van der Waals surface area (Å²) in [5, 5.41) is 2.92. The highest BCUT2D eigenvalue weighted by molar-refractivity contribution is 5.94. The molecule has 1 saturated heterocycles. The number of quaternary nitrogens is 1. The zero-order chi connectivity index (χ0) is 19.1. The van der Waals surface area contributed by atoms with Crippen LogP contribution in [0.1, 0.15) is 26.7 Å². The van der Waals surface area contributed by atoms with Crippen LogP contribution < -0.4 is 19.7 Å². The Morgan fingerprint density at radius 2 is 2.00 bits per heavy atom. The second kappa shape index (κ2) is 9.43. The molecule has 2 rings (SSSR count). The SMILES string of the molecule is CCOC(=O)[C@H]1CCC[NH+]([C@@H](C)C(=O)Nc2ccc(OC)c(OC)c2)C1. The van der Waals surface area contributed by atoms with Crippen molar-refractivity contribution in [1.29, 1.82) is 0 Å². The minimum atomic E-state index is -0.264. The number of likely N-dealkylation sites (tertiary alicyclic amines) is 1. The van der Waals surface area contributed by atoms with Crippen LogP contribution in [0.2, 0.25) is 0 Å². The number of carbonyl (C=O) groups is 2. The summed E-state index contributed by atoms with van der Waals surface area (Å²) in [6.07, 6.45) is 1.74. The van der Waals surface area contributed by atoms with Crippen molar-refractivity contribution in [3.8, 4) is 11.5 Å². The van der Waals surface area contributed by atoms with Crippen LogP contribution in [0.15, 0.2) is 18.2 Å². The van der Waals surface area contributed by atoms with Gasteiger partial charge < -0.3 is 24.4 Å². The van der Waals surface area contributed by atoms with E-state index in [1.165, 1.54) is 0 Å². The van der Waals surface area contributed by atoms with E-state index in [9.17, 15) is 9.59 Å². The summed E-state index contributed by atoms with van der Waals surface area (Å²) in [5.74, 6) is 0.798. The third kappa shape index (κ3) is 4.88. The number of hydrogen-bond acceptors (Lipinski definition) is 5. The summed E-state index contributed by atoms with van der Waals surface area (Å²) in [4.78, 5) is 25.7. The smallest absolute Gasteiger partial charge is 0.314 e. The lowest BCUT2D eigenvalue weighted by Crippen LogP contribution is -3.18. The molecule has 1 aliphatic rings. The number of rotatable bonds is 7. The molecule has 7 heteroatoms. The van der Waals surface area contributed by atoms with Crippen molar-refractivity contribution in [2.75, 3.05) is 39.2 Å². The van der Waals surface area contributed by atoms with Gasteiger partial charge in [0.05, 0.1) is 33.9 Å². The second-order valence-electron chi connectivity index (χ2n) is 6.48. The summed E-state index contributed by atoms with van der Waals surface area (Å²) in [6, 6.07) is 5.00. The lowest BCUT2D eigenvalue weighted by molar-refractivity contribution is -0.921. The fraction of sp³-hybridized carbons (Fsp3) is 0.579. The molecule has 0 bridgehead atoms. The predicted molar refractivity (Wildman–Crippen MR) is 97.7 cm³/mol. The van der Waals surface area contributed by atoms with Gasteiger partial charge in [0.2, 0.25) is 0 Å². The molecule has 26 heavy (non-hydrogen) atoms. The Kier molecular flexibility index (Phi) is 7.26. The highest BCUT2D eigenvalue weighted by Crippen LogP contribution is 2.29. The Balaban J connectivity index is 1.99. The van der Waals surface area contributed by atoms with Gasteiger partial charge in [-0.15, -0.1) is 0 Å². The zero-order valence-corrected chi connectivity index (χ0v) is 16.0. The van der Waals surface area contributed by atoms with Crippen molar-refractivity contribution in [3.05, 3.63) is 18.2 Å². The van der Waals surface area contributed by atoms with Crippen LogP contribution in [0.25, 0.3) is 0 Å². The molecule has 1 aromatic carbocycles. The van der Waals surface area contributed by atoms with Crippen LogP contribution in [0.4, 0.5) is 5.69 Å². The van der Waals surface area contributed by atoms with E-state index in [0.29, 0.717) is 30.3 Å². The number of benzene rings is 1. The lowest BCUT2D eigenvalue weighted by Gasteiger charge is -2.32. The number of piperidine rings is 1. The van der Waals surface area contributed by atoms with E-state index >= 15 is 0 Å². The van der Waals surface area contributed by atoms with Gasteiger partial charge >= 0.3 is 5.97 Å². The van der Waals surface area contributed by atoms with Gasteiger partial charge in [-0.3, -0.25) is 9.59 Å². The van der Waals surface area contributed by atoms with Crippen molar-refractivity contribution in [3.63, 3.8) is 0 Å². The maximum atomic E-state index is 12.6. The van der Waals surface area contributed by atoms with E-state index in [0.717, 1.165) is 24.3 Å². The molecule has 1 aromatic rings. The van der Waals surface area contributed by atoms with Crippen LogP contribution in [0.5, 0.6) is 11.5 Å². The molecule has 0 saturated carbocycles. The molecule has 0 aliphatic carbocycles. The standard InChI is InChI=1S/C19H28N2O5/c1-5-26-19(23)14-7-6-10-21(12-14)13(2)18(22)20-15-8-9-16(24-3)17(11-15)25-4/h8-9,11,13-14H,5-7,10,12H2,1-4H3,(H,20,22)/p+1/t13-,14-/m0/s1. The van der Waals surface area contributed by atoms with E-state index in [-0.39, 0.29) is 23.8 Å². The molecule has 0 aromatic heterocycles. The Bertz CT molecular complexity index is 634. The maximum Gasteiger partial charge on any atom is 0.314 e. The summed E-state index contributed by atoms with van der Waals surface area (Å²) < 4.78 is 15.6. The minimum absolute atomic E-state index is 0.0864. The molecular formula is C19H29N2O5+. The zero-order valence-electron chi connectivity index (χ0n) is 16.0. The van der Waals surface area contributed by atoms with Crippen molar-refractivity contribution in [2.45, 2.75) is 32.7 Å². The fourth-order valence-corrected chi connectivity index (χ4v) is 3.30. The Morgan fingerprint density at radius 3 is 2.65 bits per heavy atom. The first kappa shape index (κ1) is 20.0. The van der Waals surface area contributed by atoms with Crippen molar-refractivity contribution < 1.29 is 28.7 Å². The largest absolute Gasteiger partial charge is 0.493 e. The van der Waals surface area contributed by atoms with Gasteiger partial charge in [0.25, 0.3) is 5.91 Å². The molecule has 0 spiro atoms. The molecule has 7 nitrogen and oxygen atoms in total. The highest BCUT2D eigenvalue weighted by atomic mass is 16.5. The Hall–Kier alpha value is -2.28.